The van der Waals surface area contributed by atoms with E-state index in [1.54, 1.807) is 0 Å². The van der Waals surface area contributed by atoms with Crippen molar-refractivity contribution in [3.8, 4) is 0 Å². The Morgan fingerprint density at radius 3 is 1.66 bits per heavy atom. The highest BCUT2D eigenvalue weighted by atomic mass is 16.6. The molecule has 4 heteroatoms. The van der Waals surface area contributed by atoms with E-state index in [0.717, 1.165) is 25.7 Å². The zero-order valence-corrected chi connectivity index (χ0v) is 25.4. The number of rotatable bonds is 30. The number of ether oxygens (including phenoxy) is 2. The lowest BCUT2D eigenvalue weighted by molar-refractivity contribution is -0.154. The van der Waals surface area contributed by atoms with E-state index < -0.39 is 6.10 Å². The van der Waals surface area contributed by atoms with Gasteiger partial charge in [0.15, 0.2) is 0 Å². The molecule has 0 saturated heterocycles. The molecule has 0 aromatic heterocycles. The van der Waals surface area contributed by atoms with E-state index in [1.165, 1.54) is 116 Å². The summed E-state index contributed by atoms with van der Waals surface area (Å²) in [5.41, 5.74) is 0. The Hall–Kier alpha value is -1.13. The fraction of sp³-hybridized carbons (Fsp3) is 0.853. The number of esters is 1. The molecule has 0 heterocycles. The van der Waals surface area contributed by atoms with Crippen molar-refractivity contribution < 1.29 is 19.4 Å². The van der Waals surface area contributed by atoms with Crippen LogP contribution in [0.15, 0.2) is 24.3 Å². The van der Waals surface area contributed by atoms with Gasteiger partial charge < -0.3 is 14.6 Å². The van der Waals surface area contributed by atoms with Gasteiger partial charge in [-0.25, -0.2) is 0 Å². The molecule has 1 N–H and O–H groups in total. The number of hydrogen-bond acceptors (Lipinski definition) is 4. The largest absolute Gasteiger partial charge is 0.457 e. The van der Waals surface area contributed by atoms with Gasteiger partial charge in [-0.05, 0) is 44.9 Å². The second kappa shape index (κ2) is 32.1. The van der Waals surface area contributed by atoms with E-state index >= 15 is 0 Å². The van der Waals surface area contributed by atoms with Gasteiger partial charge in [-0.1, -0.05) is 134 Å². The molecule has 0 rings (SSSR count). The maximum absolute atomic E-state index is 12.1. The van der Waals surface area contributed by atoms with Gasteiger partial charge in [0.05, 0.1) is 13.2 Å². The van der Waals surface area contributed by atoms with Crippen molar-refractivity contribution >= 4 is 5.97 Å². The fourth-order valence-corrected chi connectivity index (χ4v) is 4.53. The molecule has 0 aliphatic carbocycles. The second-order valence-electron chi connectivity index (χ2n) is 10.9. The van der Waals surface area contributed by atoms with Crippen molar-refractivity contribution in [2.45, 2.75) is 168 Å². The quantitative estimate of drug-likeness (QED) is 0.0563. The smallest absolute Gasteiger partial charge is 0.306 e. The minimum absolute atomic E-state index is 0.172. The summed E-state index contributed by atoms with van der Waals surface area (Å²) >= 11 is 0. The van der Waals surface area contributed by atoms with Crippen molar-refractivity contribution in [1.82, 2.24) is 0 Å². The molecule has 4 nitrogen and oxygen atoms in total. The highest BCUT2D eigenvalue weighted by molar-refractivity contribution is 5.69. The monoisotopic (exact) mass is 536 g/mol. The van der Waals surface area contributed by atoms with Gasteiger partial charge in [-0.3, -0.25) is 4.79 Å². The molecule has 1 unspecified atom stereocenters. The summed E-state index contributed by atoms with van der Waals surface area (Å²) in [6, 6.07) is 0. The van der Waals surface area contributed by atoms with Crippen LogP contribution in [0, 0.1) is 0 Å². The van der Waals surface area contributed by atoms with Crippen LogP contribution in [-0.4, -0.2) is 37.0 Å². The van der Waals surface area contributed by atoms with Gasteiger partial charge in [-0.2, -0.15) is 0 Å². The van der Waals surface area contributed by atoms with E-state index in [4.69, 9.17) is 9.47 Å². The van der Waals surface area contributed by atoms with Gasteiger partial charge in [-0.15, -0.1) is 0 Å². The zero-order valence-electron chi connectivity index (χ0n) is 25.4. The Morgan fingerprint density at radius 1 is 0.632 bits per heavy atom. The van der Waals surface area contributed by atoms with E-state index in [-0.39, 0.29) is 12.6 Å². The predicted octanol–water partition coefficient (Wildman–Crippen LogP) is 10.0. The molecule has 0 amide bonds. The molecular formula is C34H64O4. The molecular weight excluding hydrogens is 472 g/mol. The summed E-state index contributed by atoms with van der Waals surface area (Å²) in [7, 11) is 0. The van der Waals surface area contributed by atoms with E-state index in [9.17, 15) is 9.90 Å². The first-order chi connectivity index (χ1) is 18.7. The topological polar surface area (TPSA) is 55.8 Å². The zero-order chi connectivity index (χ0) is 27.8. The first kappa shape index (κ1) is 36.9. The number of hydrogen-bond donors (Lipinski definition) is 1. The summed E-state index contributed by atoms with van der Waals surface area (Å²) in [6.07, 6.45) is 36.3. The predicted molar refractivity (Wildman–Crippen MR) is 164 cm³/mol. The number of allylic oxidation sites excluding steroid dienone is 4. The van der Waals surface area contributed by atoms with Crippen molar-refractivity contribution in [3.63, 3.8) is 0 Å². The molecule has 224 valence electrons. The third-order valence-corrected chi connectivity index (χ3v) is 7.03. The Bertz CT molecular complexity index is 529. The third kappa shape index (κ3) is 29.4. The van der Waals surface area contributed by atoms with Gasteiger partial charge in [0.2, 0.25) is 0 Å². The number of aliphatic hydroxyl groups is 1. The Morgan fingerprint density at radius 2 is 1.11 bits per heavy atom. The summed E-state index contributed by atoms with van der Waals surface area (Å²) in [5.74, 6) is -0.210. The second-order valence-corrected chi connectivity index (χ2v) is 10.9. The lowest BCUT2D eigenvalue weighted by Gasteiger charge is -2.15. The Kier molecular flexibility index (Phi) is 31.1. The summed E-state index contributed by atoms with van der Waals surface area (Å²) in [6.45, 7) is 5.30. The summed E-state index contributed by atoms with van der Waals surface area (Å²) < 4.78 is 11.0. The van der Waals surface area contributed by atoms with Crippen LogP contribution >= 0.6 is 0 Å². The SMILES string of the molecule is CCCCCC/C=C\C/C=C\CCCCCCCCCC(=O)OC(CO)COCCCCCCCCCC. The number of carbonyl (C=O) groups excluding carboxylic acids is 1. The Labute approximate surface area is 237 Å². The molecule has 0 saturated carbocycles. The van der Waals surface area contributed by atoms with E-state index in [0.29, 0.717) is 19.6 Å². The van der Waals surface area contributed by atoms with Crippen molar-refractivity contribution in [2.24, 2.45) is 0 Å². The van der Waals surface area contributed by atoms with Crippen LogP contribution in [0.3, 0.4) is 0 Å². The molecule has 0 aliphatic rings. The standard InChI is InChI=1S/C34H64O4/c1-3-5-7-9-11-13-14-15-16-17-18-19-20-21-22-23-25-27-29-34(36)38-33(31-35)32-37-30-28-26-24-12-10-8-6-4-2/h13-14,16-17,33,35H,3-12,15,18-32H2,1-2H3/b14-13-,17-16-. The maximum Gasteiger partial charge on any atom is 0.306 e. The normalized spacial score (nSPS) is 12.6. The van der Waals surface area contributed by atoms with Gasteiger partial charge in [0, 0.05) is 13.0 Å². The molecule has 0 bridgehead atoms. The van der Waals surface area contributed by atoms with Gasteiger partial charge in [0.25, 0.3) is 0 Å². The van der Waals surface area contributed by atoms with Crippen molar-refractivity contribution in [1.29, 1.82) is 0 Å². The molecule has 0 spiro atoms. The van der Waals surface area contributed by atoms with Gasteiger partial charge >= 0.3 is 5.97 Å². The first-order valence-corrected chi connectivity index (χ1v) is 16.4. The molecule has 0 aromatic rings. The molecule has 38 heavy (non-hydrogen) atoms. The fourth-order valence-electron chi connectivity index (χ4n) is 4.53. The lowest BCUT2D eigenvalue weighted by Crippen LogP contribution is -2.27. The van der Waals surface area contributed by atoms with Crippen LogP contribution in [0.1, 0.15) is 162 Å². The van der Waals surface area contributed by atoms with Crippen LogP contribution in [-0.2, 0) is 14.3 Å². The summed E-state index contributed by atoms with van der Waals surface area (Å²) in [5, 5.41) is 9.48. The van der Waals surface area contributed by atoms with Gasteiger partial charge in [0.1, 0.15) is 6.10 Å². The number of unbranched alkanes of at least 4 members (excludes halogenated alkanes) is 18. The highest BCUT2D eigenvalue weighted by Crippen LogP contribution is 2.12. The first-order valence-electron chi connectivity index (χ1n) is 16.4. The Balaban J connectivity index is 3.46. The van der Waals surface area contributed by atoms with Crippen molar-refractivity contribution in [2.75, 3.05) is 19.8 Å². The molecule has 0 aromatic carbocycles. The number of carbonyl (C=O) groups is 1. The lowest BCUT2D eigenvalue weighted by atomic mass is 10.1. The van der Waals surface area contributed by atoms with Crippen LogP contribution in [0.25, 0.3) is 0 Å². The highest BCUT2D eigenvalue weighted by Gasteiger charge is 2.13. The average molecular weight is 537 g/mol. The molecule has 0 radical (unpaired) electrons. The van der Waals surface area contributed by atoms with E-state index in [1.807, 2.05) is 0 Å². The molecule has 0 fully saturated rings. The van der Waals surface area contributed by atoms with Crippen molar-refractivity contribution in [3.05, 3.63) is 24.3 Å². The molecule has 1 atom stereocenters. The average Bonchev–Trinajstić information content (AvgIpc) is 2.92. The molecule has 0 aliphatic heterocycles. The van der Waals surface area contributed by atoms with Crippen LogP contribution in [0.5, 0.6) is 0 Å². The minimum atomic E-state index is -0.530. The van der Waals surface area contributed by atoms with Crippen LogP contribution < -0.4 is 0 Å². The number of aliphatic hydroxyl groups excluding tert-OH is 1. The van der Waals surface area contributed by atoms with E-state index in [2.05, 4.69) is 38.2 Å². The van der Waals surface area contributed by atoms with Crippen LogP contribution in [0.2, 0.25) is 0 Å². The minimum Gasteiger partial charge on any atom is -0.457 e. The van der Waals surface area contributed by atoms with Crippen LogP contribution in [0.4, 0.5) is 0 Å². The summed E-state index contributed by atoms with van der Waals surface area (Å²) in [4.78, 5) is 12.1. The maximum atomic E-state index is 12.1. The third-order valence-electron chi connectivity index (χ3n) is 7.03.